The summed E-state index contributed by atoms with van der Waals surface area (Å²) in [5.74, 6) is -0.0204. The van der Waals surface area contributed by atoms with Crippen molar-refractivity contribution in [3.63, 3.8) is 0 Å². The Morgan fingerprint density at radius 1 is 1.59 bits per heavy atom. The SMILES string of the molecule is CCc1ccc(CNC(=O)[C@@H]2C[C@@H](O)CN2)s1. The molecule has 0 radical (unpaired) electrons. The summed E-state index contributed by atoms with van der Waals surface area (Å²) in [6.45, 7) is 3.22. The lowest BCUT2D eigenvalue weighted by molar-refractivity contribution is -0.123. The van der Waals surface area contributed by atoms with Gasteiger partial charge in [0.25, 0.3) is 0 Å². The van der Waals surface area contributed by atoms with Crippen molar-refractivity contribution >= 4 is 17.2 Å². The van der Waals surface area contributed by atoms with Crippen LogP contribution < -0.4 is 10.6 Å². The molecule has 0 saturated carbocycles. The number of aliphatic hydroxyl groups excluding tert-OH is 1. The number of hydrogen-bond acceptors (Lipinski definition) is 4. The van der Waals surface area contributed by atoms with E-state index in [1.807, 2.05) is 0 Å². The molecule has 1 aliphatic rings. The van der Waals surface area contributed by atoms with E-state index < -0.39 is 0 Å². The van der Waals surface area contributed by atoms with E-state index in [-0.39, 0.29) is 18.1 Å². The van der Waals surface area contributed by atoms with Crippen molar-refractivity contribution in [1.82, 2.24) is 10.6 Å². The van der Waals surface area contributed by atoms with Gasteiger partial charge in [0.15, 0.2) is 0 Å². The fourth-order valence-electron chi connectivity index (χ4n) is 1.92. The minimum Gasteiger partial charge on any atom is -0.392 e. The second-order valence-corrected chi connectivity index (χ2v) is 5.54. The third-order valence-electron chi connectivity index (χ3n) is 2.93. The maximum Gasteiger partial charge on any atom is 0.237 e. The van der Waals surface area contributed by atoms with Crippen molar-refractivity contribution in [2.24, 2.45) is 0 Å². The number of hydrogen-bond donors (Lipinski definition) is 3. The van der Waals surface area contributed by atoms with Crippen LogP contribution >= 0.6 is 11.3 Å². The van der Waals surface area contributed by atoms with Gasteiger partial charge in [0.2, 0.25) is 5.91 Å². The lowest BCUT2D eigenvalue weighted by atomic mass is 10.2. The lowest BCUT2D eigenvalue weighted by Gasteiger charge is -2.09. The molecular weight excluding hydrogens is 236 g/mol. The van der Waals surface area contributed by atoms with Crippen molar-refractivity contribution in [2.45, 2.75) is 38.5 Å². The van der Waals surface area contributed by atoms with E-state index in [4.69, 9.17) is 0 Å². The first-order valence-corrected chi connectivity index (χ1v) is 6.77. The summed E-state index contributed by atoms with van der Waals surface area (Å²) in [5, 5.41) is 15.2. The molecule has 2 heterocycles. The quantitative estimate of drug-likeness (QED) is 0.739. The van der Waals surface area contributed by atoms with Crippen LogP contribution in [-0.2, 0) is 17.8 Å². The second kappa shape index (κ2) is 5.62. The highest BCUT2D eigenvalue weighted by molar-refractivity contribution is 7.11. The number of carbonyl (C=O) groups is 1. The average Bonchev–Trinajstić information content (AvgIpc) is 2.94. The van der Waals surface area contributed by atoms with Gasteiger partial charge < -0.3 is 15.7 Å². The zero-order valence-electron chi connectivity index (χ0n) is 9.90. The van der Waals surface area contributed by atoms with Crippen LogP contribution in [0.1, 0.15) is 23.1 Å². The molecule has 1 amide bonds. The smallest absolute Gasteiger partial charge is 0.237 e. The fourth-order valence-corrected chi connectivity index (χ4v) is 2.82. The molecule has 94 valence electrons. The summed E-state index contributed by atoms with van der Waals surface area (Å²) >= 11 is 1.73. The highest BCUT2D eigenvalue weighted by Gasteiger charge is 2.27. The molecule has 5 heteroatoms. The number of β-amino-alcohol motifs (C(OH)–C–C–N with tert-alkyl or cyclic N) is 1. The molecule has 1 aromatic rings. The molecule has 17 heavy (non-hydrogen) atoms. The third kappa shape index (κ3) is 3.28. The summed E-state index contributed by atoms with van der Waals surface area (Å²) in [6.07, 6.45) is 1.16. The summed E-state index contributed by atoms with van der Waals surface area (Å²) < 4.78 is 0. The predicted molar refractivity (Wildman–Crippen MR) is 68.0 cm³/mol. The molecule has 4 nitrogen and oxygen atoms in total. The third-order valence-corrected chi connectivity index (χ3v) is 4.16. The zero-order chi connectivity index (χ0) is 12.3. The van der Waals surface area contributed by atoms with E-state index in [0.717, 1.165) is 6.42 Å². The van der Waals surface area contributed by atoms with Gasteiger partial charge in [0.05, 0.1) is 18.7 Å². The molecule has 1 aliphatic heterocycles. The molecule has 1 fully saturated rings. The fraction of sp³-hybridized carbons (Fsp3) is 0.583. The maximum absolute atomic E-state index is 11.8. The van der Waals surface area contributed by atoms with Gasteiger partial charge in [-0.1, -0.05) is 6.92 Å². The second-order valence-electron chi connectivity index (χ2n) is 4.29. The normalized spacial score (nSPS) is 23.9. The Morgan fingerprint density at radius 3 is 2.94 bits per heavy atom. The van der Waals surface area contributed by atoms with Crippen LogP contribution in [0.4, 0.5) is 0 Å². The molecule has 0 aromatic carbocycles. The van der Waals surface area contributed by atoms with Crippen LogP contribution in [0.5, 0.6) is 0 Å². The van der Waals surface area contributed by atoms with Crippen LogP contribution in [0.25, 0.3) is 0 Å². The highest BCUT2D eigenvalue weighted by atomic mass is 32.1. The molecule has 2 atom stereocenters. The van der Waals surface area contributed by atoms with E-state index in [1.165, 1.54) is 9.75 Å². The van der Waals surface area contributed by atoms with Crippen molar-refractivity contribution in [3.05, 3.63) is 21.9 Å². The summed E-state index contributed by atoms with van der Waals surface area (Å²) in [7, 11) is 0. The van der Waals surface area contributed by atoms with Gasteiger partial charge >= 0.3 is 0 Å². The molecule has 0 unspecified atom stereocenters. The minimum atomic E-state index is -0.390. The van der Waals surface area contributed by atoms with Gasteiger partial charge in [-0.3, -0.25) is 4.79 Å². The van der Waals surface area contributed by atoms with Crippen LogP contribution in [0, 0.1) is 0 Å². The van der Waals surface area contributed by atoms with Crippen molar-refractivity contribution in [3.8, 4) is 0 Å². The molecular formula is C12H18N2O2S. The van der Waals surface area contributed by atoms with E-state index in [2.05, 4.69) is 29.7 Å². The Morgan fingerprint density at radius 2 is 2.35 bits per heavy atom. The average molecular weight is 254 g/mol. The Hall–Kier alpha value is -0.910. The van der Waals surface area contributed by atoms with E-state index in [9.17, 15) is 9.90 Å². The number of amides is 1. The van der Waals surface area contributed by atoms with Gasteiger partial charge in [-0.05, 0) is 25.0 Å². The standard InChI is InChI=1S/C12H18N2O2S/c1-2-9-3-4-10(17-9)7-14-12(16)11-5-8(15)6-13-11/h3-4,8,11,13,15H,2,5-7H2,1H3,(H,14,16)/t8-,11+/m1/s1. The number of nitrogens with one attached hydrogen (secondary N) is 2. The zero-order valence-corrected chi connectivity index (χ0v) is 10.7. The van der Waals surface area contributed by atoms with Crippen molar-refractivity contribution in [1.29, 1.82) is 0 Å². The number of thiophene rings is 1. The Balaban J connectivity index is 1.79. The van der Waals surface area contributed by atoms with Crippen LogP contribution in [-0.4, -0.2) is 29.7 Å². The van der Waals surface area contributed by atoms with Gasteiger partial charge in [-0.25, -0.2) is 0 Å². The molecule has 0 bridgehead atoms. The Labute approximate surface area is 105 Å². The predicted octanol–water partition coefficient (Wildman–Crippen LogP) is 0.649. The van der Waals surface area contributed by atoms with Gasteiger partial charge in [-0.2, -0.15) is 0 Å². The maximum atomic E-state index is 11.8. The van der Waals surface area contributed by atoms with Gasteiger partial charge in [0, 0.05) is 16.3 Å². The molecule has 0 spiro atoms. The first-order valence-electron chi connectivity index (χ1n) is 5.95. The number of rotatable bonds is 4. The van der Waals surface area contributed by atoms with Crippen molar-refractivity contribution in [2.75, 3.05) is 6.54 Å². The molecule has 2 rings (SSSR count). The number of aryl methyl sites for hydroxylation is 1. The van der Waals surface area contributed by atoms with Crippen molar-refractivity contribution < 1.29 is 9.90 Å². The lowest BCUT2D eigenvalue weighted by Crippen LogP contribution is -2.39. The Bertz CT molecular complexity index is 392. The summed E-state index contributed by atoms with van der Waals surface area (Å²) in [6, 6.07) is 3.92. The first kappa shape index (κ1) is 12.5. The summed E-state index contributed by atoms with van der Waals surface area (Å²) in [4.78, 5) is 14.3. The topological polar surface area (TPSA) is 61.4 Å². The molecule has 3 N–H and O–H groups in total. The summed E-state index contributed by atoms with van der Waals surface area (Å²) in [5.41, 5.74) is 0. The van der Waals surface area contributed by atoms with E-state index in [0.29, 0.717) is 19.5 Å². The largest absolute Gasteiger partial charge is 0.392 e. The monoisotopic (exact) mass is 254 g/mol. The number of carbonyl (C=O) groups excluding carboxylic acids is 1. The molecule has 0 aliphatic carbocycles. The first-order chi connectivity index (χ1) is 8.19. The van der Waals surface area contributed by atoms with E-state index in [1.54, 1.807) is 11.3 Å². The molecule has 1 aromatic heterocycles. The highest BCUT2D eigenvalue weighted by Crippen LogP contribution is 2.16. The number of aliphatic hydroxyl groups is 1. The van der Waals surface area contributed by atoms with E-state index >= 15 is 0 Å². The van der Waals surface area contributed by atoms with Crippen LogP contribution in [0.2, 0.25) is 0 Å². The van der Waals surface area contributed by atoms with Crippen LogP contribution in [0.3, 0.4) is 0 Å². The van der Waals surface area contributed by atoms with Crippen LogP contribution in [0.15, 0.2) is 12.1 Å². The Kier molecular flexibility index (Phi) is 4.15. The van der Waals surface area contributed by atoms with Gasteiger partial charge in [0.1, 0.15) is 0 Å². The van der Waals surface area contributed by atoms with Gasteiger partial charge in [-0.15, -0.1) is 11.3 Å². The minimum absolute atomic E-state index is 0.0204. The molecule has 1 saturated heterocycles.